The second-order valence-electron chi connectivity index (χ2n) is 7.93. The monoisotopic (exact) mass is 493 g/mol. The average Bonchev–Trinajstić information content (AvgIpc) is 3.14. The van der Waals surface area contributed by atoms with Gasteiger partial charge in [0.25, 0.3) is 5.91 Å². The van der Waals surface area contributed by atoms with Crippen LogP contribution in [0.3, 0.4) is 0 Å². The summed E-state index contributed by atoms with van der Waals surface area (Å²) in [7, 11) is 3.09. The normalized spacial score (nSPS) is 14.4. The van der Waals surface area contributed by atoms with Crippen LogP contribution in [-0.2, 0) is 21.7 Å². The number of ether oxygens (including phenoxy) is 2. The third-order valence-corrected chi connectivity index (χ3v) is 6.11. The van der Waals surface area contributed by atoms with Gasteiger partial charge in [0.1, 0.15) is 18.0 Å². The smallest absolute Gasteiger partial charge is 0.326 e. The first-order valence-electron chi connectivity index (χ1n) is 10.8. The molecule has 35 heavy (non-hydrogen) atoms. The minimum Gasteiger partial charge on any atom is -0.497 e. The summed E-state index contributed by atoms with van der Waals surface area (Å²) < 4.78 is 10.5. The second kappa shape index (κ2) is 10.1. The molecule has 0 bridgehead atoms. The van der Waals surface area contributed by atoms with E-state index in [2.05, 4.69) is 10.6 Å². The molecule has 4 rings (SSSR count). The predicted molar refractivity (Wildman–Crippen MR) is 130 cm³/mol. The number of nitrogens with zero attached hydrogens (tertiary/aromatic N) is 1. The zero-order valence-corrected chi connectivity index (χ0v) is 20.0. The highest BCUT2D eigenvalue weighted by atomic mass is 35.5. The maximum Gasteiger partial charge on any atom is 0.326 e. The van der Waals surface area contributed by atoms with E-state index in [4.69, 9.17) is 21.1 Å². The zero-order chi connectivity index (χ0) is 25.0. The highest BCUT2D eigenvalue weighted by Crippen LogP contribution is 2.37. The number of hydrogen-bond donors (Lipinski definition) is 2. The van der Waals surface area contributed by atoms with Crippen molar-refractivity contribution >= 4 is 29.4 Å². The molecule has 8 nitrogen and oxygen atoms in total. The number of methoxy groups -OCH3 is 2. The van der Waals surface area contributed by atoms with Crippen molar-refractivity contribution in [3.05, 3.63) is 94.5 Å². The Morgan fingerprint density at radius 2 is 1.40 bits per heavy atom. The van der Waals surface area contributed by atoms with Crippen LogP contribution in [0.2, 0.25) is 5.02 Å². The maximum absolute atomic E-state index is 13.8. The van der Waals surface area contributed by atoms with E-state index in [9.17, 15) is 14.4 Å². The van der Waals surface area contributed by atoms with Crippen LogP contribution in [0.1, 0.15) is 16.7 Å². The van der Waals surface area contributed by atoms with Crippen molar-refractivity contribution in [3.8, 4) is 11.5 Å². The molecule has 3 aromatic rings. The maximum atomic E-state index is 13.8. The molecule has 0 radical (unpaired) electrons. The van der Waals surface area contributed by atoms with Crippen LogP contribution >= 0.6 is 11.6 Å². The van der Waals surface area contributed by atoms with E-state index in [1.807, 2.05) is 0 Å². The van der Waals surface area contributed by atoms with Crippen LogP contribution in [0.5, 0.6) is 11.5 Å². The van der Waals surface area contributed by atoms with Gasteiger partial charge in [-0.05, 0) is 53.1 Å². The quantitative estimate of drug-likeness (QED) is 0.468. The molecule has 9 heteroatoms. The Hall–Kier alpha value is -4.04. The van der Waals surface area contributed by atoms with E-state index in [1.54, 1.807) is 87.0 Å². The molecule has 0 spiro atoms. The molecular formula is C26H24ClN3O5. The van der Waals surface area contributed by atoms with E-state index in [-0.39, 0.29) is 6.54 Å². The SMILES string of the molecule is COc1ccc(C2(c3ccc(OC)cc3)NC(=O)N(CC(=O)NCc3ccc(Cl)cc3)C2=O)cc1. The van der Waals surface area contributed by atoms with Gasteiger partial charge in [0.15, 0.2) is 5.54 Å². The molecule has 0 unspecified atom stereocenters. The highest BCUT2D eigenvalue weighted by Gasteiger charge is 2.54. The number of benzene rings is 3. The zero-order valence-electron chi connectivity index (χ0n) is 19.2. The lowest BCUT2D eigenvalue weighted by atomic mass is 9.82. The number of amides is 4. The lowest BCUT2D eigenvalue weighted by molar-refractivity contribution is -0.134. The van der Waals surface area contributed by atoms with Crippen LogP contribution in [-0.4, -0.2) is 43.5 Å². The summed E-state index contributed by atoms with van der Waals surface area (Å²) in [5, 5.41) is 6.15. The predicted octanol–water partition coefficient (Wildman–Crippen LogP) is 3.47. The van der Waals surface area contributed by atoms with E-state index < -0.39 is 29.9 Å². The summed E-state index contributed by atoms with van der Waals surface area (Å²) in [6.07, 6.45) is 0. The van der Waals surface area contributed by atoms with Gasteiger partial charge < -0.3 is 20.1 Å². The molecule has 1 heterocycles. The third kappa shape index (κ3) is 4.79. The second-order valence-corrected chi connectivity index (χ2v) is 8.37. The minimum absolute atomic E-state index is 0.238. The molecule has 0 saturated carbocycles. The molecule has 3 aromatic carbocycles. The highest BCUT2D eigenvalue weighted by molar-refractivity contribution is 6.30. The molecule has 180 valence electrons. The van der Waals surface area contributed by atoms with Crippen molar-refractivity contribution < 1.29 is 23.9 Å². The van der Waals surface area contributed by atoms with Gasteiger partial charge in [0, 0.05) is 11.6 Å². The average molecular weight is 494 g/mol. The van der Waals surface area contributed by atoms with Crippen molar-refractivity contribution in [2.45, 2.75) is 12.1 Å². The van der Waals surface area contributed by atoms with Crippen molar-refractivity contribution in [2.24, 2.45) is 0 Å². The standard InChI is InChI=1S/C26H24ClN3O5/c1-34-21-11-5-18(6-12-21)26(19-7-13-22(35-2)14-8-19)24(32)30(25(33)29-26)16-23(31)28-15-17-3-9-20(27)10-4-17/h3-14H,15-16H2,1-2H3,(H,28,31)(H,29,33). The third-order valence-electron chi connectivity index (χ3n) is 5.86. The van der Waals surface area contributed by atoms with Crippen LogP contribution in [0.25, 0.3) is 0 Å². The molecule has 0 aromatic heterocycles. The molecule has 1 fully saturated rings. The molecule has 0 aliphatic carbocycles. The van der Waals surface area contributed by atoms with Gasteiger partial charge in [-0.15, -0.1) is 0 Å². The Morgan fingerprint density at radius 1 is 0.886 bits per heavy atom. The van der Waals surface area contributed by atoms with Crippen LogP contribution in [0.15, 0.2) is 72.8 Å². The Kier molecular flexibility index (Phi) is 6.93. The number of urea groups is 1. The largest absolute Gasteiger partial charge is 0.497 e. The molecule has 1 saturated heterocycles. The number of nitrogens with one attached hydrogen (secondary N) is 2. The molecule has 0 atom stereocenters. The summed E-state index contributed by atoms with van der Waals surface area (Å²) in [6, 6.07) is 20.0. The Labute approximate surface area is 207 Å². The van der Waals surface area contributed by atoms with E-state index >= 15 is 0 Å². The van der Waals surface area contributed by atoms with Crippen molar-refractivity contribution in [1.29, 1.82) is 0 Å². The Bertz CT molecular complexity index is 1180. The topological polar surface area (TPSA) is 97.0 Å². The van der Waals surface area contributed by atoms with Crippen molar-refractivity contribution in [3.63, 3.8) is 0 Å². The van der Waals surface area contributed by atoms with E-state index in [0.29, 0.717) is 27.6 Å². The van der Waals surface area contributed by atoms with E-state index in [0.717, 1.165) is 10.5 Å². The van der Waals surface area contributed by atoms with Gasteiger partial charge in [0.05, 0.1) is 14.2 Å². The van der Waals surface area contributed by atoms with Crippen molar-refractivity contribution in [1.82, 2.24) is 15.5 Å². The first kappa shape index (κ1) is 24.1. The lowest BCUT2D eigenvalue weighted by Gasteiger charge is -2.28. The fourth-order valence-corrected chi connectivity index (χ4v) is 4.09. The number of carbonyl (C=O) groups is 3. The molecular weight excluding hydrogens is 470 g/mol. The fourth-order valence-electron chi connectivity index (χ4n) is 3.96. The Morgan fingerprint density at radius 3 is 1.89 bits per heavy atom. The van der Waals surface area contributed by atoms with Crippen LogP contribution in [0.4, 0.5) is 4.79 Å². The van der Waals surface area contributed by atoms with Gasteiger partial charge in [-0.2, -0.15) is 0 Å². The summed E-state index contributed by atoms with van der Waals surface area (Å²) in [5.74, 6) is 0.186. The van der Waals surface area contributed by atoms with Crippen LogP contribution < -0.4 is 20.1 Å². The van der Waals surface area contributed by atoms with Gasteiger partial charge >= 0.3 is 6.03 Å². The van der Waals surface area contributed by atoms with E-state index in [1.165, 1.54) is 0 Å². The van der Waals surface area contributed by atoms with Crippen LogP contribution in [0, 0.1) is 0 Å². The van der Waals surface area contributed by atoms with Gasteiger partial charge in [0.2, 0.25) is 5.91 Å². The summed E-state index contributed by atoms with van der Waals surface area (Å²) >= 11 is 5.89. The van der Waals surface area contributed by atoms with Gasteiger partial charge in [-0.3, -0.25) is 14.5 Å². The Balaban J connectivity index is 1.61. The fraction of sp³-hybridized carbons (Fsp3) is 0.192. The number of halogens is 1. The summed E-state index contributed by atoms with van der Waals surface area (Å²) in [4.78, 5) is 40.3. The number of hydrogen-bond acceptors (Lipinski definition) is 5. The molecule has 1 aliphatic heterocycles. The number of rotatable bonds is 8. The van der Waals surface area contributed by atoms with Gasteiger partial charge in [-0.1, -0.05) is 48.0 Å². The lowest BCUT2D eigenvalue weighted by Crippen LogP contribution is -2.46. The first-order chi connectivity index (χ1) is 16.9. The first-order valence-corrected chi connectivity index (χ1v) is 11.2. The summed E-state index contributed by atoms with van der Waals surface area (Å²) in [5.41, 5.74) is 0.397. The molecule has 4 amide bonds. The number of imide groups is 1. The van der Waals surface area contributed by atoms with Gasteiger partial charge in [-0.25, -0.2) is 4.79 Å². The molecule has 2 N–H and O–H groups in total. The minimum atomic E-state index is -1.51. The number of carbonyl (C=O) groups excluding carboxylic acids is 3. The summed E-state index contributed by atoms with van der Waals surface area (Å²) in [6.45, 7) is -0.186. The molecule has 1 aliphatic rings. The van der Waals surface area contributed by atoms with Crippen molar-refractivity contribution in [2.75, 3.05) is 20.8 Å².